The van der Waals surface area contributed by atoms with Crippen LogP contribution < -0.4 is 0 Å². The van der Waals surface area contributed by atoms with E-state index < -0.39 is 5.97 Å². The van der Waals surface area contributed by atoms with Crippen molar-refractivity contribution in [3.05, 3.63) is 11.1 Å². The van der Waals surface area contributed by atoms with Gasteiger partial charge >= 0.3 is 5.97 Å². The molecule has 0 spiro atoms. The van der Waals surface area contributed by atoms with Crippen molar-refractivity contribution in [3.63, 3.8) is 0 Å². The molecular formula is C17H26O2. The van der Waals surface area contributed by atoms with Gasteiger partial charge in [0.25, 0.3) is 0 Å². The molecule has 4 fully saturated rings. The van der Waals surface area contributed by atoms with Gasteiger partial charge in [-0.15, -0.1) is 0 Å². The van der Waals surface area contributed by atoms with Crippen molar-refractivity contribution in [2.75, 3.05) is 0 Å². The van der Waals surface area contributed by atoms with Crippen molar-refractivity contribution in [1.29, 1.82) is 0 Å². The molecule has 4 bridgehead atoms. The predicted octanol–water partition coefficient (Wildman–Crippen LogP) is 4.26. The van der Waals surface area contributed by atoms with Gasteiger partial charge < -0.3 is 5.11 Å². The number of hydrogen-bond acceptors (Lipinski definition) is 1. The van der Waals surface area contributed by atoms with Gasteiger partial charge in [0.15, 0.2) is 0 Å². The van der Waals surface area contributed by atoms with Crippen LogP contribution in [0.2, 0.25) is 0 Å². The SMILES string of the molecule is CC(C(=O)O)=C(C(C)C)C12CC3CC(CC(C3)C1)C2. The minimum atomic E-state index is -0.709. The Hall–Kier alpha value is -0.790. The van der Waals surface area contributed by atoms with E-state index in [1.807, 2.05) is 6.92 Å². The largest absolute Gasteiger partial charge is 0.478 e. The molecule has 19 heavy (non-hydrogen) atoms. The Bertz CT molecular complexity index is 395. The number of allylic oxidation sites excluding steroid dienone is 1. The van der Waals surface area contributed by atoms with Crippen LogP contribution in [-0.4, -0.2) is 11.1 Å². The standard InChI is InChI=1S/C17H26O2/c1-10(2)15(11(3)16(18)19)17-7-12-4-13(8-17)6-14(5-12)9-17/h10,12-14H,4-9H2,1-3H3,(H,18,19). The fourth-order valence-electron chi connectivity index (χ4n) is 6.00. The molecule has 4 rings (SSSR count). The molecule has 1 N–H and O–H groups in total. The van der Waals surface area contributed by atoms with Gasteiger partial charge in [0, 0.05) is 5.57 Å². The first-order valence-corrected chi connectivity index (χ1v) is 7.86. The number of carbonyl (C=O) groups is 1. The van der Waals surface area contributed by atoms with Crippen molar-refractivity contribution in [2.45, 2.75) is 59.3 Å². The van der Waals surface area contributed by atoms with E-state index in [0.29, 0.717) is 11.5 Å². The fraction of sp³-hybridized carbons (Fsp3) is 0.824. The quantitative estimate of drug-likeness (QED) is 0.772. The summed E-state index contributed by atoms with van der Waals surface area (Å²) in [5, 5.41) is 9.45. The van der Waals surface area contributed by atoms with Crippen LogP contribution >= 0.6 is 0 Å². The number of rotatable bonds is 3. The molecular weight excluding hydrogens is 236 g/mol. The van der Waals surface area contributed by atoms with E-state index in [9.17, 15) is 9.90 Å². The molecule has 0 saturated heterocycles. The maximum absolute atomic E-state index is 11.5. The first-order valence-electron chi connectivity index (χ1n) is 7.86. The summed E-state index contributed by atoms with van der Waals surface area (Å²) in [4.78, 5) is 11.5. The van der Waals surface area contributed by atoms with E-state index in [4.69, 9.17) is 0 Å². The first kappa shape index (κ1) is 13.2. The van der Waals surface area contributed by atoms with E-state index in [0.717, 1.165) is 17.8 Å². The smallest absolute Gasteiger partial charge is 0.331 e. The lowest BCUT2D eigenvalue weighted by molar-refractivity contribution is -0.133. The van der Waals surface area contributed by atoms with Crippen molar-refractivity contribution in [3.8, 4) is 0 Å². The Morgan fingerprint density at radius 2 is 1.47 bits per heavy atom. The lowest BCUT2D eigenvalue weighted by Crippen LogP contribution is -2.48. The lowest BCUT2D eigenvalue weighted by atomic mass is 9.46. The number of carboxylic acid groups (broad SMARTS) is 1. The third kappa shape index (κ3) is 2.04. The average molecular weight is 262 g/mol. The zero-order valence-corrected chi connectivity index (χ0v) is 12.4. The summed E-state index contributed by atoms with van der Waals surface area (Å²) in [5.41, 5.74) is 2.15. The highest BCUT2D eigenvalue weighted by molar-refractivity contribution is 5.87. The average Bonchev–Trinajstić information content (AvgIpc) is 2.25. The number of aliphatic carboxylic acids is 1. The van der Waals surface area contributed by atoms with E-state index in [2.05, 4.69) is 13.8 Å². The zero-order chi connectivity index (χ0) is 13.8. The highest BCUT2D eigenvalue weighted by Gasteiger charge is 2.53. The van der Waals surface area contributed by atoms with E-state index in [1.54, 1.807) is 0 Å². The molecule has 4 saturated carbocycles. The van der Waals surface area contributed by atoms with Crippen molar-refractivity contribution < 1.29 is 9.90 Å². The Kier molecular flexibility index (Phi) is 3.03. The van der Waals surface area contributed by atoms with Crippen LogP contribution in [0.3, 0.4) is 0 Å². The zero-order valence-electron chi connectivity index (χ0n) is 12.4. The fourth-order valence-corrected chi connectivity index (χ4v) is 6.00. The highest BCUT2D eigenvalue weighted by Crippen LogP contribution is 2.64. The molecule has 0 aromatic carbocycles. The molecule has 0 heterocycles. The van der Waals surface area contributed by atoms with Crippen LogP contribution in [0.25, 0.3) is 0 Å². The van der Waals surface area contributed by atoms with Gasteiger partial charge in [-0.1, -0.05) is 19.4 Å². The van der Waals surface area contributed by atoms with Crippen LogP contribution in [0.1, 0.15) is 59.3 Å². The molecule has 4 aliphatic carbocycles. The van der Waals surface area contributed by atoms with Gasteiger partial charge in [-0.2, -0.15) is 0 Å². The number of carboxylic acids is 1. The Morgan fingerprint density at radius 1 is 1.05 bits per heavy atom. The van der Waals surface area contributed by atoms with Crippen LogP contribution in [0.15, 0.2) is 11.1 Å². The minimum absolute atomic E-state index is 0.241. The van der Waals surface area contributed by atoms with E-state index >= 15 is 0 Å². The summed E-state index contributed by atoms with van der Waals surface area (Å²) >= 11 is 0. The molecule has 2 nitrogen and oxygen atoms in total. The summed E-state index contributed by atoms with van der Waals surface area (Å²) in [5.74, 6) is 2.29. The summed E-state index contributed by atoms with van der Waals surface area (Å²) < 4.78 is 0. The van der Waals surface area contributed by atoms with Gasteiger partial charge in [0.05, 0.1) is 0 Å². The van der Waals surface area contributed by atoms with Gasteiger partial charge in [-0.3, -0.25) is 0 Å². The number of hydrogen-bond donors (Lipinski definition) is 1. The summed E-state index contributed by atoms with van der Waals surface area (Å²) in [6.45, 7) is 6.19. The van der Waals surface area contributed by atoms with Crippen LogP contribution in [-0.2, 0) is 4.79 Å². The maximum atomic E-state index is 11.5. The highest BCUT2D eigenvalue weighted by atomic mass is 16.4. The van der Waals surface area contributed by atoms with Gasteiger partial charge in [-0.05, 0) is 74.5 Å². The normalized spacial score (nSPS) is 41.6. The van der Waals surface area contributed by atoms with Gasteiger partial charge in [-0.25, -0.2) is 4.79 Å². The topological polar surface area (TPSA) is 37.3 Å². The first-order chi connectivity index (χ1) is 8.91. The molecule has 0 aromatic heterocycles. The molecule has 0 aromatic rings. The Labute approximate surface area is 116 Å². The van der Waals surface area contributed by atoms with Crippen molar-refractivity contribution >= 4 is 5.97 Å². The van der Waals surface area contributed by atoms with E-state index in [1.165, 1.54) is 44.1 Å². The second-order valence-corrected chi connectivity index (χ2v) is 7.70. The monoisotopic (exact) mass is 262 g/mol. The van der Waals surface area contributed by atoms with E-state index in [-0.39, 0.29) is 5.41 Å². The summed E-state index contributed by atoms with van der Waals surface area (Å²) in [6.07, 6.45) is 8.02. The molecule has 106 valence electrons. The Morgan fingerprint density at radius 3 is 1.79 bits per heavy atom. The lowest BCUT2D eigenvalue weighted by Gasteiger charge is -2.58. The second kappa shape index (κ2) is 4.36. The van der Waals surface area contributed by atoms with Crippen molar-refractivity contribution in [1.82, 2.24) is 0 Å². The Balaban J connectivity index is 2.03. The molecule has 0 radical (unpaired) electrons. The van der Waals surface area contributed by atoms with Gasteiger partial charge in [0.2, 0.25) is 0 Å². The molecule has 4 aliphatic rings. The predicted molar refractivity (Wildman–Crippen MR) is 75.8 cm³/mol. The molecule has 0 unspecified atom stereocenters. The van der Waals surface area contributed by atoms with Gasteiger partial charge in [0.1, 0.15) is 0 Å². The van der Waals surface area contributed by atoms with Crippen LogP contribution in [0.4, 0.5) is 0 Å². The molecule has 0 aliphatic heterocycles. The van der Waals surface area contributed by atoms with Crippen LogP contribution in [0.5, 0.6) is 0 Å². The van der Waals surface area contributed by atoms with Crippen LogP contribution in [0, 0.1) is 29.1 Å². The molecule has 2 heteroatoms. The molecule has 0 amide bonds. The summed E-state index contributed by atoms with van der Waals surface area (Å²) in [6, 6.07) is 0. The third-order valence-electron chi connectivity index (χ3n) is 5.91. The maximum Gasteiger partial charge on any atom is 0.331 e. The summed E-state index contributed by atoms with van der Waals surface area (Å²) in [7, 11) is 0. The van der Waals surface area contributed by atoms with Crippen molar-refractivity contribution in [2.24, 2.45) is 29.1 Å². The third-order valence-corrected chi connectivity index (χ3v) is 5.91. The minimum Gasteiger partial charge on any atom is -0.478 e. The second-order valence-electron chi connectivity index (χ2n) is 7.70. The molecule has 0 atom stereocenters.